The van der Waals surface area contributed by atoms with Crippen LogP contribution in [0.2, 0.25) is 10.0 Å². The molecule has 0 aliphatic carbocycles. The first-order valence-corrected chi connectivity index (χ1v) is 9.69. The van der Waals surface area contributed by atoms with E-state index in [-0.39, 0.29) is 0 Å². The van der Waals surface area contributed by atoms with Crippen molar-refractivity contribution in [3.05, 3.63) is 57.1 Å². The maximum absolute atomic E-state index is 10.1. The quantitative estimate of drug-likeness (QED) is 0.764. The van der Waals surface area contributed by atoms with Gasteiger partial charge in [0.25, 0.3) is 0 Å². The summed E-state index contributed by atoms with van der Waals surface area (Å²) in [7, 11) is 0.618. The second kappa shape index (κ2) is 6.66. The van der Waals surface area contributed by atoms with Crippen LogP contribution in [0.15, 0.2) is 35.5 Å². The average molecular weight is 420 g/mol. The standard InChI is InChI=1S/C20H20BCl2NO4/c1-19(2)13-7-11(5-6-14(13)21(25)27-19)17-10-20(3,28-24-17)12-8-15(22)18(26-4)16(23)9-12/h5-9,25H,10H2,1-4H3. The second-order valence-corrected chi connectivity index (χ2v) is 8.61. The minimum Gasteiger partial charge on any atom is -0.494 e. The van der Waals surface area contributed by atoms with E-state index in [1.807, 2.05) is 39.0 Å². The zero-order valence-electron chi connectivity index (χ0n) is 16.0. The highest BCUT2D eigenvalue weighted by atomic mass is 35.5. The Morgan fingerprint density at radius 1 is 1.14 bits per heavy atom. The Morgan fingerprint density at radius 3 is 2.46 bits per heavy atom. The Kier molecular flexibility index (Phi) is 4.66. The van der Waals surface area contributed by atoms with Gasteiger partial charge in [-0.05, 0) is 55.6 Å². The molecule has 1 atom stereocenters. The number of oxime groups is 1. The predicted molar refractivity (Wildman–Crippen MR) is 111 cm³/mol. The third-order valence-electron chi connectivity index (χ3n) is 5.38. The Labute approximate surface area is 174 Å². The Bertz CT molecular complexity index is 971. The highest BCUT2D eigenvalue weighted by Crippen LogP contribution is 2.42. The predicted octanol–water partition coefficient (Wildman–Crippen LogP) is 3.99. The van der Waals surface area contributed by atoms with Crippen molar-refractivity contribution in [2.45, 2.75) is 38.4 Å². The maximum atomic E-state index is 10.1. The highest BCUT2D eigenvalue weighted by molar-refractivity contribution is 6.62. The smallest absolute Gasteiger partial charge is 0.492 e. The summed E-state index contributed by atoms with van der Waals surface area (Å²) < 4.78 is 10.9. The third-order valence-corrected chi connectivity index (χ3v) is 5.94. The zero-order valence-corrected chi connectivity index (χ0v) is 17.6. The third kappa shape index (κ3) is 3.09. The van der Waals surface area contributed by atoms with Gasteiger partial charge < -0.3 is 19.3 Å². The van der Waals surface area contributed by atoms with Crippen LogP contribution in [0.3, 0.4) is 0 Å². The van der Waals surface area contributed by atoms with Crippen molar-refractivity contribution in [1.82, 2.24) is 0 Å². The van der Waals surface area contributed by atoms with Crippen LogP contribution in [-0.2, 0) is 20.7 Å². The van der Waals surface area contributed by atoms with E-state index < -0.39 is 18.3 Å². The summed E-state index contributed by atoms with van der Waals surface area (Å²) in [4.78, 5) is 5.82. The molecule has 4 rings (SSSR count). The fourth-order valence-electron chi connectivity index (χ4n) is 3.79. The summed E-state index contributed by atoms with van der Waals surface area (Å²) in [6.45, 7) is 5.82. The van der Waals surface area contributed by atoms with E-state index in [0.717, 1.165) is 27.9 Å². The average Bonchev–Trinajstić information content (AvgIpc) is 3.13. The van der Waals surface area contributed by atoms with Crippen molar-refractivity contribution in [2.24, 2.45) is 5.16 Å². The number of ether oxygens (including phenoxy) is 1. The van der Waals surface area contributed by atoms with Crippen molar-refractivity contribution in [3.8, 4) is 5.75 Å². The van der Waals surface area contributed by atoms with Gasteiger partial charge in [0.2, 0.25) is 0 Å². The number of hydrogen-bond donors (Lipinski definition) is 1. The zero-order chi connectivity index (χ0) is 20.3. The Balaban J connectivity index is 1.65. The Morgan fingerprint density at radius 2 is 1.82 bits per heavy atom. The van der Waals surface area contributed by atoms with Crippen molar-refractivity contribution < 1.29 is 19.3 Å². The van der Waals surface area contributed by atoms with Crippen LogP contribution in [0.4, 0.5) is 0 Å². The summed E-state index contributed by atoms with van der Waals surface area (Å²) in [5.74, 6) is 0.439. The lowest BCUT2D eigenvalue weighted by Crippen LogP contribution is -2.28. The van der Waals surface area contributed by atoms with Crippen LogP contribution in [0.5, 0.6) is 5.75 Å². The van der Waals surface area contributed by atoms with Gasteiger partial charge in [-0.25, -0.2) is 0 Å². The molecule has 2 aromatic carbocycles. The SMILES string of the molecule is COc1c(Cl)cc(C2(C)CC(c3ccc4c(c3)C(C)(C)OB4O)=NO2)cc1Cl. The van der Waals surface area contributed by atoms with Crippen LogP contribution in [-0.4, -0.2) is 25.0 Å². The van der Waals surface area contributed by atoms with Gasteiger partial charge in [-0.2, -0.15) is 0 Å². The summed E-state index contributed by atoms with van der Waals surface area (Å²) >= 11 is 12.6. The van der Waals surface area contributed by atoms with Gasteiger partial charge in [-0.1, -0.05) is 40.5 Å². The molecule has 0 fully saturated rings. The van der Waals surface area contributed by atoms with Gasteiger partial charge in [0, 0.05) is 12.0 Å². The van der Waals surface area contributed by atoms with Crippen molar-refractivity contribution in [1.29, 1.82) is 0 Å². The minimum atomic E-state index is -0.908. The minimum absolute atomic E-state index is 0.425. The van der Waals surface area contributed by atoms with Crippen molar-refractivity contribution in [3.63, 3.8) is 0 Å². The first kappa shape index (κ1) is 19.6. The molecule has 0 spiro atoms. The lowest BCUT2D eigenvalue weighted by Gasteiger charge is -2.23. The number of hydrogen-bond acceptors (Lipinski definition) is 5. The van der Waals surface area contributed by atoms with Crippen LogP contribution in [0.25, 0.3) is 0 Å². The van der Waals surface area contributed by atoms with Gasteiger partial charge in [-0.3, -0.25) is 0 Å². The first-order valence-electron chi connectivity index (χ1n) is 8.94. The van der Waals surface area contributed by atoms with Crippen LogP contribution >= 0.6 is 23.2 Å². The van der Waals surface area contributed by atoms with Gasteiger partial charge in [0.15, 0.2) is 11.4 Å². The van der Waals surface area contributed by atoms with Crippen molar-refractivity contribution >= 4 is 41.5 Å². The van der Waals surface area contributed by atoms with E-state index in [4.69, 9.17) is 37.4 Å². The molecule has 0 aromatic heterocycles. The molecule has 2 aliphatic rings. The highest BCUT2D eigenvalue weighted by Gasteiger charge is 2.42. The normalized spacial score (nSPS) is 22.7. The molecule has 0 saturated heterocycles. The molecule has 146 valence electrons. The molecule has 8 heteroatoms. The lowest BCUT2D eigenvalue weighted by atomic mass is 9.77. The number of methoxy groups -OCH3 is 1. The number of rotatable bonds is 3. The number of nitrogens with zero attached hydrogens (tertiary/aromatic N) is 1. The van der Waals surface area contributed by atoms with E-state index in [1.54, 1.807) is 12.1 Å². The van der Waals surface area contributed by atoms with Crippen LogP contribution in [0, 0.1) is 0 Å². The van der Waals surface area contributed by atoms with E-state index in [1.165, 1.54) is 7.11 Å². The Hall–Kier alpha value is -1.73. The number of halogens is 2. The summed E-state index contributed by atoms with van der Waals surface area (Å²) in [5.41, 5.74) is 3.03. The molecular formula is C20H20BCl2NO4. The second-order valence-electron chi connectivity index (χ2n) is 7.79. The monoisotopic (exact) mass is 419 g/mol. The van der Waals surface area contributed by atoms with Gasteiger partial charge in [-0.15, -0.1) is 0 Å². The number of fused-ring (bicyclic) bond motifs is 1. The van der Waals surface area contributed by atoms with E-state index >= 15 is 0 Å². The van der Waals surface area contributed by atoms with Gasteiger partial charge >= 0.3 is 7.12 Å². The van der Waals surface area contributed by atoms with Crippen molar-refractivity contribution in [2.75, 3.05) is 7.11 Å². The molecule has 5 nitrogen and oxygen atoms in total. The molecule has 0 amide bonds. The lowest BCUT2D eigenvalue weighted by molar-refractivity contribution is -0.00740. The van der Waals surface area contributed by atoms with Gasteiger partial charge in [0.05, 0.1) is 28.5 Å². The summed E-state index contributed by atoms with van der Waals surface area (Å²) in [6.07, 6.45) is 0.550. The maximum Gasteiger partial charge on any atom is 0.492 e. The molecule has 0 bridgehead atoms. The number of benzene rings is 2. The molecule has 2 aliphatic heterocycles. The molecule has 28 heavy (non-hydrogen) atoms. The largest absolute Gasteiger partial charge is 0.494 e. The van der Waals surface area contributed by atoms with Crippen LogP contribution < -0.4 is 10.2 Å². The molecule has 2 aromatic rings. The molecule has 2 heterocycles. The molecule has 1 N–H and O–H groups in total. The van der Waals surface area contributed by atoms with Gasteiger partial charge in [0.1, 0.15) is 0 Å². The summed E-state index contributed by atoms with van der Waals surface area (Å²) in [6, 6.07) is 9.40. The molecule has 0 saturated carbocycles. The molecular weight excluding hydrogens is 400 g/mol. The molecule has 0 radical (unpaired) electrons. The van der Waals surface area contributed by atoms with E-state index in [0.29, 0.717) is 22.2 Å². The first-order chi connectivity index (χ1) is 13.1. The van der Waals surface area contributed by atoms with E-state index in [2.05, 4.69) is 5.16 Å². The summed E-state index contributed by atoms with van der Waals surface area (Å²) in [5, 5.41) is 15.3. The fourth-order valence-corrected chi connectivity index (χ4v) is 4.43. The van der Waals surface area contributed by atoms with E-state index in [9.17, 15) is 5.02 Å². The molecule has 1 unspecified atom stereocenters. The topological polar surface area (TPSA) is 60.3 Å². The van der Waals surface area contributed by atoms with Crippen LogP contribution in [0.1, 0.15) is 43.9 Å². The fraction of sp³-hybridized carbons (Fsp3) is 0.350.